The van der Waals surface area contributed by atoms with Crippen LogP contribution in [0.4, 0.5) is 5.69 Å². The maximum absolute atomic E-state index is 12.4. The zero-order valence-electron chi connectivity index (χ0n) is 10.8. The molecule has 3 N–H and O–H groups in total. The average Bonchev–Trinajstić information content (AvgIpc) is 2.25. The number of aliphatic hydroxyl groups is 1. The number of nitrogens with zero attached hydrogens (tertiary/aromatic N) is 1. The van der Waals surface area contributed by atoms with Crippen LogP contribution >= 0.6 is 0 Å². The predicted octanol–water partition coefficient (Wildman–Crippen LogP) is 0.945. The molecule has 1 saturated carbocycles. The number of rotatable bonds is 6. The van der Waals surface area contributed by atoms with E-state index in [0.29, 0.717) is 11.3 Å². The van der Waals surface area contributed by atoms with Gasteiger partial charge in [-0.1, -0.05) is 18.6 Å². The summed E-state index contributed by atoms with van der Waals surface area (Å²) in [6.07, 6.45) is 2.83. The molecule has 0 unspecified atom stereocenters. The van der Waals surface area contributed by atoms with Crippen molar-refractivity contribution in [1.82, 2.24) is 4.31 Å². The minimum Gasteiger partial charge on any atom is -0.399 e. The lowest BCUT2D eigenvalue weighted by Crippen LogP contribution is -2.46. The van der Waals surface area contributed by atoms with Crippen LogP contribution in [0.2, 0.25) is 0 Å². The maximum atomic E-state index is 12.4. The van der Waals surface area contributed by atoms with Crippen LogP contribution < -0.4 is 5.73 Å². The Hall–Kier alpha value is -1.11. The standard InChI is InChI=1S/C13H20N2O3S/c14-12-4-1-3-11(9-12)10-19(17,18)15(7-8-16)13-5-2-6-13/h1,3-4,9,13,16H,2,5-8,10,14H2. The Bertz CT molecular complexity index is 526. The minimum atomic E-state index is -3.40. The van der Waals surface area contributed by atoms with Crippen molar-refractivity contribution in [1.29, 1.82) is 0 Å². The number of nitrogens with two attached hydrogens (primary N) is 1. The Kier molecular flexibility index (Phi) is 4.44. The summed E-state index contributed by atoms with van der Waals surface area (Å²) in [7, 11) is -3.40. The first-order valence-electron chi connectivity index (χ1n) is 6.48. The number of sulfonamides is 1. The molecule has 0 amide bonds. The molecular formula is C13H20N2O3S. The van der Waals surface area contributed by atoms with Crippen LogP contribution in [0, 0.1) is 0 Å². The molecule has 19 heavy (non-hydrogen) atoms. The third-order valence-electron chi connectivity index (χ3n) is 3.46. The molecule has 0 aromatic heterocycles. The van der Waals surface area contributed by atoms with Crippen molar-refractivity contribution < 1.29 is 13.5 Å². The van der Waals surface area contributed by atoms with Crippen LogP contribution in [-0.4, -0.2) is 37.0 Å². The summed E-state index contributed by atoms with van der Waals surface area (Å²) in [6, 6.07) is 6.97. The Labute approximate surface area is 114 Å². The number of nitrogen functional groups attached to an aromatic ring is 1. The second-order valence-electron chi connectivity index (χ2n) is 4.92. The molecule has 0 aliphatic heterocycles. The molecule has 6 heteroatoms. The van der Waals surface area contributed by atoms with Gasteiger partial charge in [0.25, 0.3) is 0 Å². The van der Waals surface area contributed by atoms with Gasteiger partial charge in [0.1, 0.15) is 0 Å². The van der Waals surface area contributed by atoms with E-state index in [1.54, 1.807) is 24.3 Å². The highest BCUT2D eigenvalue weighted by atomic mass is 32.2. The van der Waals surface area contributed by atoms with Crippen LogP contribution in [0.25, 0.3) is 0 Å². The molecule has 1 aromatic carbocycles. The highest BCUT2D eigenvalue weighted by Gasteiger charge is 2.33. The second kappa shape index (κ2) is 5.90. The zero-order chi connectivity index (χ0) is 13.9. The van der Waals surface area contributed by atoms with E-state index in [0.717, 1.165) is 19.3 Å². The van der Waals surface area contributed by atoms with E-state index in [1.165, 1.54) is 4.31 Å². The van der Waals surface area contributed by atoms with E-state index in [1.807, 2.05) is 0 Å². The number of hydrogen-bond acceptors (Lipinski definition) is 4. The first-order chi connectivity index (χ1) is 9.03. The van der Waals surface area contributed by atoms with E-state index in [2.05, 4.69) is 0 Å². The molecule has 0 radical (unpaired) electrons. The van der Waals surface area contributed by atoms with Crippen molar-refractivity contribution in [3.8, 4) is 0 Å². The Morgan fingerprint density at radius 2 is 2.11 bits per heavy atom. The third kappa shape index (κ3) is 3.46. The summed E-state index contributed by atoms with van der Waals surface area (Å²) in [5.74, 6) is -0.0610. The quantitative estimate of drug-likeness (QED) is 0.762. The van der Waals surface area contributed by atoms with Gasteiger partial charge in [-0.2, -0.15) is 4.31 Å². The van der Waals surface area contributed by atoms with E-state index in [9.17, 15) is 8.42 Å². The molecule has 0 bridgehead atoms. The number of benzene rings is 1. The molecule has 1 aromatic rings. The van der Waals surface area contributed by atoms with Crippen LogP contribution in [0.15, 0.2) is 24.3 Å². The van der Waals surface area contributed by atoms with Gasteiger partial charge in [0.15, 0.2) is 0 Å². The zero-order valence-corrected chi connectivity index (χ0v) is 11.6. The van der Waals surface area contributed by atoms with Crippen molar-refractivity contribution in [2.45, 2.75) is 31.1 Å². The molecule has 0 spiro atoms. The van der Waals surface area contributed by atoms with E-state index < -0.39 is 10.0 Å². The Morgan fingerprint density at radius 1 is 1.37 bits per heavy atom. The van der Waals surface area contributed by atoms with Gasteiger partial charge in [0.2, 0.25) is 10.0 Å². The lowest BCUT2D eigenvalue weighted by atomic mass is 9.93. The molecule has 2 rings (SSSR count). The van der Waals surface area contributed by atoms with Crippen LogP contribution in [-0.2, 0) is 15.8 Å². The van der Waals surface area contributed by atoms with Gasteiger partial charge in [-0.15, -0.1) is 0 Å². The van der Waals surface area contributed by atoms with Crippen LogP contribution in [0.3, 0.4) is 0 Å². The monoisotopic (exact) mass is 284 g/mol. The van der Waals surface area contributed by atoms with Crippen molar-refractivity contribution in [2.75, 3.05) is 18.9 Å². The highest BCUT2D eigenvalue weighted by Crippen LogP contribution is 2.28. The SMILES string of the molecule is Nc1cccc(CS(=O)(=O)N(CCO)C2CCC2)c1. The van der Waals surface area contributed by atoms with Crippen molar-refractivity contribution in [3.63, 3.8) is 0 Å². The van der Waals surface area contributed by atoms with Crippen molar-refractivity contribution >= 4 is 15.7 Å². The summed E-state index contributed by atoms with van der Waals surface area (Å²) in [5, 5.41) is 9.05. The fraction of sp³-hybridized carbons (Fsp3) is 0.538. The number of aliphatic hydroxyl groups excluding tert-OH is 1. The maximum Gasteiger partial charge on any atom is 0.218 e. The molecule has 1 aliphatic rings. The molecule has 0 atom stereocenters. The molecule has 1 aliphatic carbocycles. The van der Waals surface area contributed by atoms with Gasteiger partial charge in [0.05, 0.1) is 12.4 Å². The van der Waals surface area contributed by atoms with Crippen LogP contribution in [0.1, 0.15) is 24.8 Å². The molecular weight excluding hydrogens is 264 g/mol. The summed E-state index contributed by atoms with van der Waals surface area (Å²) < 4.78 is 26.3. The predicted molar refractivity (Wildman–Crippen MR) is 74.9 cm³/mol. The first kappa shape index (κ1) is 14.3. The topological polar surface area (TPSA) is 83.6 Å². The second-order valence-corrected chi connectivity index (χ2v) is 6.84. The fourth-order valence-corrected chi connectivity index (χ4v) is 4.09. The fourth-order valence-electron chi connectivity index (χ4n) is 2.30. The van der Waals surface area contributed by atoms with Crippen molar-refractivity contribution in [3.05, 3.63) is 29.8 Å². The molecule has 5 nitrogen and oxygen atoms in total. The summed E-state index contributed by atoms with van der Waals surface area (Å²) in [6.45, 7) is 0.0297. The van der Waals surface area contributed by atoms with E-state index in [4.69, 9.17) is 10.8 Å². The van der Waals surface area contributed by atoms with Gasteiger partial charge >= 0.3 is 0 Å². The lowest BCUT2D eigenvalue weighted by Gasteiger charge is -2.36. The smallest absolute Gasteiger partial charge is 0.218 e. The van der Waals surface area contributed by atoms with Gasteiger partial charge < -0.3 is 10.8 Å². The molecule has 0 saturated heterocycles. The lowest BCUT2D eigenvalue weighted by molar-refractivity contribution is 0.178. The molecule has 0 heterocycles. The Morgan fingerprint density at radius 3 is 2.63 bits per heavy atom. The van der Waals surface area contributed by atoms with Crippen LogP contribution in [0.5, 0.6) is 0 Å². The van der Waals surface area contributed by atoms with E-state index in [-0.39, 0.29) is 24.9 Å². The third-order valence-corrected chi connectivity index (χ3v) is 5.35. The number of anilines is 1. The van der Waals surface area contributed by atoms with Gasteiger partial charge in [-0.05, 0) is 30.5 Å². The largest absolute Gasteiger partial charge is 0.399 e. The molecule has 1 fully saturated rings. The van der Waals surface area contributed by atoms with E-state index >= 15 is 0 Å². The first-order valence-corrected chi connectivity index (χ1v) is 8.08. The normalized spacial score (nSPS) is 16.5. The minimum absolute atomic E-state index is 0.0539. The Balaban J connectivity index is 2.15. The van der Waals surface area contributed by atoms with Gasteiger partial charge in [-0.25, -0.2) is 8.42 Å². The summed E-state index contributed by atoms with van der Waals surface area (Å²) in [4.78, 5) is 0. The van der Waals surface area contributed by atoms with Gasteiger partial charge in [0, 0.05) is 18.3 Å². The summed E-state index contributed by atoms with van der Waals surface area (Å²) in [5.41, 5.74) is 6.90. The average molecular weight is 284 g/mol. The van der Waals surface area contributed by atoms with Gasteiger partial charge in [-0.3, -0.25) is 0 Å². The number of hydrogen-bond donors (Lipinski definition) is 2. The summed E-state index contributed by atoms with van der Waals surface area (Å²) >= 11 is 0. The van der Waals surface area contributed by atoms with Crippen molar-refractivity contribution in [2.24, 2.45) is 0 Å². The molecule has 106 valence electrons. The highest BCUT2D eigenvalue weighted by molar-refractivity contribution is 7.88.